The third-order valence-electron chi connectivity index (χ3n) is 10.8. The molecule has 4 unspecified atom stereocenters. The molecule has 77 heavy (non-hydrogen) atoms. The molecule has 0 aliphatic heterocycles. The second-order valence-corrected chi connectivity index (χ2v) is 17.3. The summed E-state index contributed by atoms with van der Waals surface area (Å²) in [6.07, 6.45) is 3.59. The van der Waals surface area contributed by atoms with Gasteiger partial charge in [-0.25, -0.2) is 19.2 Å². The van der Waals surface area contributed by atoms with Crippen LogP contribution < -0.4 is 9.47 Å². The van der Waals surface area contributed by atoms with Crippen molar-refractivity contribution in [3.8, 4) is 11.5 Å². The number of carbonyl (C=O) groups excluding carboxylic acids is 3. The van der Waals surface area contributed by atoms with Crippen molar-refractivity contribution in [3.05, 3.63) is 226 Å². The zero-order valence-electron chi connectivity index (χ0n) is 41.7. The summed E-state index contributed by atoms with van der Waals surface area (Å²) in [5, 5.41) is 39.9. The number of carboxylic acids is 2. The van der Waals surface area contributed by atoms with E-state index >= 15 is 0 Å². The van der Waals surface area contributed by atoms with Gasteiger partial charge in [-0.3, -0.25) is 4.79 Å². The van der Waals surface area contributed by atoms with Gasteiger partial charge in [-0.1, -0.05) is 145 Å². The molecule has 0 aliphatic rings. The molecule has 0 aromatic heterocycles. The number of esters is 2. The highest BCUT2D eigenvalue weighted by Crippen LogP contribution is 2.36. The Kier molecular flexibility index (Phi) is 24.1. The van der Waals surface area contributed by atoms with Crippen LogP contribution in [-0.4, -0.2) is 75.3 Å². The van der Waals surface area contributed by atoms with Crippen LogP contribution in [0.3, 0.4) is 0 Å². The molecule has 6 aromatic carbocycles. The van der Waals surface area contributed by atoms with Crippen molar-refractivity contribution in [2.45, 2.75) is 49.3 Å². The van der Waals surface area contributed by atoms with Gasteiger partial charge in [0.2, 0.25) is 0 Å². The van der Waals surface area contributed by atoms with Gasteiger partial charge in [-0.15, -0.1) is 0 Å². The van der Waals surface area contributed by atoms with Crippen molar-refractivity contribution >= 4 is 77.2 Å². The highest BCUT2D eigenvalue weighted by atomic mass is 35.5. The lowest BCUT2D eigenvalue weighted by molar-refractivity contribution is -0.169. The van der Waals surface area contributed by atoms with Crippen LogP contribution >= 0.6 is 23.2 Å². The van der Waals surface area contributed by atoms with Gasteiger partial charge in [0, 0.05) is 12.2 Å². The van der Waals surface area contributed by atoms with Crippen molar-refractivity contribution in [3.63, 3.8) is 0 Å². The molecule has 0 aliphatic carbocycles. The highest BCUT2D eigenvalue weighted by molar-refractivity contribution is 6.54. The number of ketones is 1. The molecule has 18 heteroatoms. The average Bonchev–Trinajstić information content (AvgIpc) is 3.43. The lowest BCUT2D eigenvalue weighted by atomic mass is 9.96. The first-order valence-corrected chi connectivity index (χ1v) is 24.0. The van der Waals surface area contributed by atoms with Crippen molar-refractivity contribution < 1.29 is 76.5 Å². The molecule has 4 atom stereocenters. The number of carboxylic acid groups (broad SMARTS) is 2. The number of ether oxygens (including phenoxy) is 4. The zero-order chi connectivity index (χ0) is 56.7. The molecule has 0 saturated heterocycles. The van der Waals surface area contributed by atoms with E-state index in [0.717, 1.165) is 23.3 Å². The Balaban J connectivity index is 0.000000288. The van der Waals surface area contributed by atoms with Gasteiger partial charge in [0.1, 0.15) is 23.7 Å². The van der Waals surface area contributed by atoms with Gasteiger partial charge in [0.15, 0.2) is 17.0 Å². The second kappa shape index (κ2) is 30.3. The fourth-order valence-electron chi connectivity index (χ4n) is 6.85. The van der Waals surface area contributed by atoms with E-state index in [4.69, 9.17) is 29.2 Å². The minimum Gasteiger partial charge on any atom is -0.497 e. The SMILES string of the molecule is C/C=C/c1ccc(C(O)C(OC(=O)c2ccc(OC)cc2)c2ccc(/C=C/C)cc2)cc1.COc1ccc(C(=O)OC(c2ccc(/C=C/C(=O)O)cc2)C(O)c2ccc(/C=C/C(=O)O)cc2)cc1.O=C(C(Cl)Cl)C(F)(F)F. The Hall–Kier alpha value is -8.28. The molecule has 6 rings (SSSR count). The van der Waals surface area contributed by atoms with Crippen molar-refractivity contribution in [2.75, 3.05) is 14.2 Å². The van der Waals surface area contributed by atoms with Crippen LogP contribution in [0.25, 0.3) is 24.3 Å². The largest absolute Gasteiger partial charge is 0.497 e. The number of halogens is 5. The third kappa shape index (κ3) is 19.7. The Morgan fingerprint density at radius 1 is 0.468 bits per heavy atom. The molecule has 0 bridgehead atoms. The van der Waals surface area contributed by atoms with Crippen molar-refractivity contribution in [1.29, 1.82) is 0 Å². The second-order valence-electron chi connectivity index (χ2n) is 16.2. The van der Waals surface area contributed by atoms with E-state index in [9.17, 15) is 47.4 Å². The highest BCUT2D eigenvalue weighted by Gasteiger charge is 2.42. The van der Waals surface area contributed by atoms with Gasteiger partial charge < -0.3 is 39.4 Å². The molecular formula is C59H53Cl2F3O13. The van der Waals surface area contributed by atoms with Gasteiger partial charge in [0.05, 0.1) is 25.3 Å². The Labute approximate surface area is 452 Å². The maximum absolute atomic E-state index is 12.9. The molecule has 0 saturated carbocycles. The third-order valence-corrected chi connectivity index (χ3v) is 11.2. The molecule has 0 radical (unpaired) electrons. The maximum atomic E-state index is 12.9. The van der Waals surface area contributed by atoms with E-state index in [1.165, 1.54) is 19.3 Å². The van der Waals surface area contributed by atoms with Crippen LogP contribution in [0.5, 0.6) is 11.5 Å². The quantitative estimate of drug-likeness (QED) is 0.0339. The summed E-state index contributed by atoms with van der Waals surface area (Å²) in [5.74, 6) is -4.24. The first kappa shape index (κ1) is 61.3. The van der Waals surface area contributed by atoms with Crippen molar-refractivity contribution in [1.82, 2.24) is 0 Å². The lowest BCUT2D eigenvalue weighted by Gasteiger charge is -2.24. The summed E-state index contributed by atoms with van der Waals surface area (Å²) in [4.78, 5) is 55.0. The number of rotatable bonds is 19. The molecule has 13 nitrogen and oxygen atoms in total. The van der Waals surface area contributed by atoms with E-state index in [-0.39, 0.29) is 5.56 Å². The number of Topliss-reactive ketones (excluding diaryl/α,β-unsaturated/α-hetero) is 1. The Bertz CT molecular complexity index is 2990. The topological polar surface area (TPSA) is 203 Å². The van der Waals surface area contributed by atoms with Crippen LogP contribution in [0.1, 0.15) is 103 Å². The van der Waals surface area contributed by atoms with Crippen LogP contribution in [0.15, 0.2) is 170 Å². The Morgan fingerprint density at radius 2 is 0.753 bits per heavy atom. The zero-order valence-corrected chi connectivity index (χ0v) is 43.2. The summed E-state index contributed by atoms with van der Waals surface area (Å²) in [7, 11) is 3.08. The van der Waals surface area contributed by atoms with Crippen LogP contribution in [0.4, 0.5) is 13.2 Å². The monoisotopic (exact) mass is 1100 g/mol. The van der Waals surface area contributed by atoms with Crippen LogP contribution in [0.2, 0.25) is 0 Å². The number of benzene rings is 6. The minimum absolute atomic E-state index is 0.267. The van der Waals surface area contributed by atoms with Gasteiger partial charge in [0.25, 0.3) is 5.78 Å². The summed E-state index contributed by atoms with van der Waals surface area (Å²) in [5.41, 5.74) is 6.28. The first-order chi connectivity index (χ1) is 36.7. The normalized spacial score (nSPS) is 12.9. The predicted molar refractivity (Wildman–Crippen MR) is 287 cm³/mol. The summed E-state index contributed by atoms with van der Waals surface area (Å²) >= 11 is 9.22. The fraction of sp³-hybridized carbons (Fsp3) is 0.169. The number of alkyl halides is 5. The number of aliphatic carboxylic acids is 2. The molecule has 4 N–H and O–H groups in total. The standard InChI is InChI=1S/C28H24O8.C28H28O4.C3HCl2F3O/c1-35-23-14-12-22(13-15-23)28(34)36-27(21-10-4-19(5-11-21)7-17-25(31)32)26(33)20-8-2-18(3-9-20)6-16-24(29)30;1-4-6-20-8-12-22(13-9-20)26(29)27(23-14-10-21(7-5-2)11-15-23)32-28(30)24-16-18-25(31-3)19-17-24;4-2(5)1(9)3(6,7)8/h2-17,26-27,33H,1H3,(H,29,30)(H,31,32);4-19,26-27,29H,1-3H3;2H/b16-6+,17-7+;6-4+,7-5+;. The molecule has 6 aromatic rings. The smallest absolute Gasteiger partial charge is 0.452 e. The van der Waals surface area contributed by atoms with E-state index in [1.54, 1.807) is 104 Å². The Morgan fingerprint density at radius 3 is 0.987 bits per heavy atom. The number of aliphatic hydroxyl groups excluding tert-OH is 2. The van der Waals surface area contributed by atoms with Crippen molar-refractivity contribution in [2.24, 2.45) is 0 Å². The van der Waals surface area contributed by atoms with Gasteiger partial charge in [-0.2, -0.15) is 13.2 Å². The molecular weight excluding hydrogens is 1040 g/mol. The molecule has 0 fully saturated rings. The number of allylic oxidation sites excluding steroid dienone is 2. The number of methoxy groups -OCH3 is 2. The number of hydrogen-bond acceptors (Lipinski definition) is 11. The molecule has 0 heterocycles. The van der Waals surface area contributed by atoms with Crippen LogP contribution in [-0.2, 0) is 23.9 Å². The molecule has 402 valence electrons. The van der Waals surface area contributed by atoms with E-state index < -0.39 is 65.1 Å². The van der Waals surface area contributed by atoms with E-state index in [2.05, 4.69) is 23.2 Å². The van der Waals surface area contributed by atoms with E-state index in [1.807, 2.05) is 86.7 Å². The maximum Gasteiger partial charge on any atom is 0.452 e. The first-order valence-electron chi connectivity index (χ1n) is 23.1. The summed E-state index contributed by atoms with van der Waals surface area (Å²) < 4.78 is 55.4. The minimum atomic E-state index is -4.92. The summed E-state index contributed by atoms with van der Waals surface area (Å²) in [6.45, 7) is 3.91. The number of carbonyl (C=O) groups is 5. The molecule has 0 amide bonds. The predicted octanol–water partition coefficient (Wildman–Crippen LogP) is 12.8. The molecule has 0 spiro atoms. The van der Waals surface area contributed by atoms with Gasteiger partial charge in [-0.05, 0) is 119 Å². The number of aliphatic hydroxyl groups is 2. The lowest BCUT2D eigenvalue weighted by Crippen LogP contribution is -2.27. The van der Waals surface area contributed by atoms with Crippen LogP contribution in [0, 0.1) is 0 Å². The average molecular weight is 1100 g/mol. The number of hydrogen-bond donors (Lipinski definition) is 4. The van der Waals surface area contributed by atoms with E-state index in [0.29, 0.717) is 50.4 Å². The van der Waals surface area contributed by atoms with Gasteiger partial charge >= 0.3 is 30.1 Å². The summed E-state index contributed by atoms with van der Waals surface area (Å²) in [6, 6.07) is 41.3. The fourth-order valence-corrected chi connectivity index (χ4v) is 7.09.